The lowest BCUT2D eigenvalue weighted by molar-refractivity contribution is -0.117. The van der Waals surface area contributed by atoms with Gasteiger partial charge in [0.1, 0.15) is 17.4 Å². The van der Waals surface area contributed by atoms with Gasteiger partial charge in [0, 0.05) is 30.2 Å². The number of nitriles is 1. The van der Waals surface area contributed by atoms with Crippen molar-refractivity contribution in [3.8, 4) is 17.5 Å². The molecule has 1 aliphatic rings. The van der Waals surface area contributed by atoms with Gasteiger partial charge >= 0.3 is 0 Å². The average Bonchev–Trinajstić information content (AvgIpc) is 3.32. The molecule has 1 unspecified atom stereocenters. The van der Waals surface area contributed by atoms with Crippen LogP contribution in [-0.4, -0.2) is 36.8 Å². The first-order valence-corrected chi connectivity index (χ1v) is 9.38. The first-order valence-electron chi connectivity index (χ1n) is 9.38. The van der Waals surface area contributed by atoms with E-state index < -0.39 is 0 Å². The Morgan fingerprint density at radius 3 is 2.75 bits per heavy atom. The van der Waals surface area contributed by atoms with Crippen LogP contribution in [0, 0.1) is 25.2 Å². The van der Waals surface area contributed by atoms with Crippen LogP contribution in [0.3, 0.4) is 0 Å². The molecule has 1 aliphatic heterocycles. The summed E-state index contributed by atoms with van der Waals surface area (Å²) in [6.45, 7) is 5.14. The standard InChI is InChI=1S/C22H25N3O3/c1-15-11-17(16(2)25(15)19-6-8-20(27-3)9-7-19)12-18(13-23)22(26)24-14-21-5-4-10-28-21/h6-9,11-12,21H,4-5,10,14H2,1-3H3,(H,24,26). The summed E-state index contributed by atoms with van der Waals surface area (Å²) >= 11 is 0. The van der Waals surface area contributed by atoms with Crippen molar-refractivity contribution < 1.29 is 14.3 Å². The van der Waals surface area contributed by atoms with E-state index in [9.17, 15) is 10.1 Å². The molecule has 0 radical (unpaired) electrons. The summed E-state index contributed by atoms with van der Waals surface area (Å²) in [5.74, 6) is 0.424. The van der Waals surface area contributed by atoms with Crippen molar-refractivity contribution in [2.45, 2.75) is 32.8 Å². The molecular weight excluding hydrogens is 354 g/mol. The summed E-state index contributed by atoms with van der Waals surface area (Å²) < 4.78 is 12.8. The summed E-state index contributed by atoms with van der Waals surface area (Å²) in [4.78, 5) is 12.4. The van der Waals surface area contributed by atoms with Gasteiger partial charge in [0.25, 0.3) is 5.91 Å². The van der Waals surface area contributed by atoms with Gasteiger partial charge in [-0.05, 0) is 68.7 Å². The number of ether oxygens (including phenoxy) is 2. The van der Waals surface area contributed by atoms with Gasteiger partial charge in [-0.3, -0.25) is 4.79 Å². The zero-order valence-corrected chi connectivity index (χ0v) is 16.5. The molecule has 6 heteroatoms. The fourth-order valence-electron chi connectivity index (χ4n) is 3.47. The second-order valence-corrected chi connectivity index (χ2v) is 6.87. The van der Waals surface area contributed by atoms with Gasteiger partial charge in [-0.15, -0.1) is 0 Å². The highest BCUT2D eigenvalue weighted by atomic mass is 16.5. The number of aryl methyl sites for hydroxylation is 1. The molecule has 1 amide bonds. The maximum atomic E-state index is 12.4. The lowest BCUT2D eigenvalue weighted by Gasteiger charge is -2.11. The van der Waals surface area contributed by atoms with E-state index in [4.69, 9.17) is 9.47 Å². The van der Waals surface area contributed by atoms with Gasteiger partial charge in [-0.25, -0.2) is 0 Å². The number of nitrogens with zero attached hydrogens (tertiary/aromatic N) is 2. The molecule has 2 aromatic rings. The van der Waals surface area contributed by atoms with Crippen LogP contribution in [-0.2, 0) is 9.53 Å². The Balaban J connectivity index is 1.81. The summed E-state index contributed by atoms with van der Waals surface area (Å²) in [6.07, 6.45) is 3.64. The summed E-state index contributed by atoms with van der Waals surface area (Å²) in [5, 5.41) is 12.3. The molecule has 3 rings (SSSR count). The number of rotatable bonds is 6. The molecule has 0 aliphatic carbocycles. The minimum atomic E-state index is -0.368. The average molecular weight is 379 g/mol. The highest BCUT2D eigenvalue weighted by Crippen LogP contribution is 2.24. The van der Waals surface area contributed by atoms with Gasteiger partial charge in [-0.2, -0.15) is 5.26 Å². The Kier molecular flexibility index (Phi) is 6.17. The van der Waals surface area contributed by atoms with Crippen molar-refractivity contribution >= 4 is 12.0 Å². The van der Waals surface area contributed by atoms with Crippen molar-refractivity contribution in [1.82, 2.24) is 9.88 Å². The van der Waals surface area contributed by atoms with Crippen LogP contribution in [0.4, 0.5) is 0 Å². The van der Waals surface area contributed by atoms with Crippen molar-refractivity contribution in [1.29, 1.82) is 5.26 Å². The van der Waals surface area contributed by atoms with E-state index in [0.29, 0.717) is 6.54 Å². The normalized spacial score (nSPS) is 16.6. The van der Waals surface area contributed by atoms with E-state index in [1.165, 1.54) is 0 Å². The third kappa shape index (κ3) is 4.26. The Bertz CT molecular complexity index is 914. The number of aromatic nitrogens is 1. The van der Waals surface area contributed by atoms with E-state index in [1.807, 2.05) is 50.2 Å². The predicted molar refractivity (Wildman–Crippen MR) is 107 cm³/mol. The third-order valence-corrected chi connectivity index (χ3v) is 4.98. The maximum Gasteiger partial charge on any atom is 0.262 e. The second-order valence-electron chi connectivity index (χ2n) is 6.87. The Labute approximate surface area is 165 Å². The van der Waals surface area contributed by atoms with E-state index >= 15 is 0 Å². The first-order chi connectivity index (χ1) is 13.5. The Hall–Kier alpha value is -3.04. The number of nitrogens with one attached hydrogen (secondary N) is 1. The fourth-order valence-corrected chi connectivity index (χ4v) is 3.47. The van der Waals surface area contributed by atoms with Crippen LogP contribution >= 0.6 is 0 Å². The topological polar surface area (TPSA) is 76.3 Å². The second kappa shape index (κ2) is 8.77. The van der Waals surface area contributed by atoms with E-state index in [1.54, 1.807) is 13.2 Å². The smallest absolute Gasteiger partial charge is 0.262 e. The largest absolute Gasteiger partial charge is 0.497 e. The van der Waals surface area contributed by atoms with Gasteiger partial charge in [-0.1, -0.05) is 0 Å². The number of carbonyl (C=O) groups excluding carboxylic acids is 1. The fraction of sp³-hybridized carbons (Fsp3) is 0.364. The number of carbonyl (C=O) groups is 1. The molecule has 0 spiro atoms. The van der Waals surface area contributed by atoms with Gasteiger partial charge in [0.05, 0.1) is 13.2 Å². The van der Waals surface area contributed by atoms with E-state index in [-0.39, 0.29) is 17.6 Å². The van der Waals surface area contributed by atoms with Crippen LogP contribution in [0.15, 0.2) is 35.9 Å². The summed E-state index contributed by atoms with van der Waals surface area (Å²) in [5.41, 5.74) is 3.91. The molecule has 0 bridgehead atoms. The highest BCUT2D eigenvalue weighted by Gasteiger charge is 2.18. The minimum absolute atomic E-state index is 0.0454. The van der Waals surface area contributed by atoms with Crippen LogP contribution in [0.5, 0.6) is 5.75 Å². The Morgan fingerprint density at radius 2 is 2.14 bits per heavy atom. The number of hydrogen-bond donors (Lipinski definition) is 1. The van der Waals surface area contributed by atoms with E-state index in [2.05, 4.69) is 9.88 Å². The van der Waals surface area contributed by atoms with Crippen molar-refractivity contribution in [3.63, 3.8) is 0 Å². The SMILES string of the molecule is COc1ccc(-n2c(C)cc(C=C(C#N)C(=O)NCC3CCCO3)c2C)cc1. The van der Waals surface area contributed by atoms with Crippen LogP contribution in [0.2, 0.25) is 0 Å². The van der Waals surface area contributed by atoms with Crippen molar-refractivity contribution in [2.24, 2.45) is 0 Å². The lowest BCUT2D eigenvalue weighted by atomic mass is 10.1. The van der Waals surface area contributed by atoms with Gasteiger partial charge in [0.2, 0.25) is 0 Å². The highest BCUT2D eigenvalue weighted by molar-refractivity contribution is 6.01. The molecular formula is C22H25N3O3. The van der Waals surface area contributed by atoms with Crippen LogP contribution < -0.4 is 10.1 Å². The number of amides is 1. The van der Waals surface area contributed by atoms with E-state index in [0.717, 1.165) is 47.8 Å². The molecule has 1 fully saturated rings. The molecule has 1 saturated heterocycles. The maximum absolute atomic E-state index is 12.4. The molecule has 1 atom stereocenters. The predicted octanol–water partition coefficient (Wildman–Crippen LogP) is 3.30. The zero-order chi connectivity index (χ0) is 20.1. The lowest BCUT2D eigenvalue weighted by Crippen LogP contribution is -2.32. The first kappa shape index (κ1) is 19.7. The number of benzene rings is 1. The molecule has 1 N–H and O–H groups in total. The molecule has 146 valence electrons. The minimum Gasteiger partial charge on any atom is -0.497 e. The molecule has 6 nitrogen and oxygen atoms in total. The number of methoxy groups -OCH3 is 1. The summed E-state index contributed by atoms with van der Waals surface area (Å²) in [6, 6.07) is 11.8. The van der Waals surface area contributed by atoms with Crippen LogP contribution in [0.1, 0.15) is 29.8 Å². The van der Waals surface area contributed by atoms with Gasteiger partial charge < -0.3 is 19.4 Å². The Morgan fingerprint density at radius 1 is 1.39 bits per heavy atom. The monoisotopic (exact) mass is 379 g/mol. The summed E-state index contributed by atoms with van der Waals surface area (Å²) in [7, 11) is 1.64. The van der Waals surface area contributed by atoms with Crippen molar-refractivity contribution in [3.05, 3.63) is 52.9 Å². The molecule has 28 heavy (non-hydrogen) atoms. The van der Waals surface area contributed by atoms with Gasteiger partial charge in [0.15, 0.2) is 0 Å². The quantitative estimate of drug-likeness (QED) is 0.617. The zero-order valence-electron chi connectivity index (χ0n) is 16.5. The third-order valence-electron chi connectivity index (χ3n) is 4.98. The molecule has 1 aromatic carbocycles. The molecule has 1 aromatic heterocycles. The number of hydrogen-bond acceptors (Lipinski definition) is 4. The van der Waals surface area contributed by atoms with Crippen molar-refractivity contribution in [2.75, 3.05) is 20.3 Å². The molecule has 2 heterocycles. The molecule has 0 saturated carbocycles. The van der Waals surface area contributed by atoms with Crippen LogP contribution in [0.25, 0.3) is 11.8 Å².